The predicted octanol–water partition coefficient (Wildman–Crippen LogP) is 4.69. The zero-order valence-corrected chi connectivity index (χ0v) is 13.3. The van der Waals surface area contributed by atoms with Crippen molar-refractivity contribution >= 4 is 38.1 Å². The van der Waals surface area contributed by atoms with E-state index in [1.807, 2.05) is 24.3 Å². The summed E-state index contributed by atoms with van der Waals surface area (Å²) in [6.45, 7) is 0. The van der Waals surface area contributed by atoms with Gasteiger partial charge in [0.05, 0.1) is 17.3 Å². The molecular weight excluding hydrogens is 306 g/mol. The molecule has 4 aromatic rings. The summed E-state index contributed by atoms with van der Waals surface area (Å²) in [4.78, 5) is 17.3. The second-order valence-electron chi connectivity index (χ2n) is 5.21. The Bertz CT molecular complexity index is 1020. The number of ether oxygens (including phenoxy) is 1. The molecule has 0 amide bonds. The lowest BCUT2D eigenvalue weighted by Gasteiger charge is -2.00. The number of carbonyl (C=O) groups excluding carboxylic acids is 1. The average molecular weight is 319 g/mol. The van der Waals surface area contributed by atoms with E-state index in [9.17, 15) is 4.79 Å². The second-order valence-corrected chi connectivity index (χ2v) is 6.24. The van der Waals surface area contributed by atoms with E-state index in [1.54, 1.807) is 31.4 Å². The summed E-state index contributed by atoms with van der Waals surface area (Å²) in [5.74, 6) is 0.676. The first-order valence-electron chi connectivity index (χ1n) is 7.23. The molecule has 3 nitrogen and oxygen atoms in total. The van der Waals surface area contributed by atoms with Gasteiger partial charge >= 0.3 is 0 Å². The van der Waals surface area contributed by atoms with Gasteiger partial charge in [-0.1, -0.05) is 30.3 Å². The van der Waals surface area contributed by atoms with E-state index in [0.717, 1.165) is 26.7 Å². The zero-order chi connectivity index (χ0) is 15.8. The van der Waals surface area contributed by atoms with Crippen molar-refractivity contribution in [1.82, 2.24) is 4.98 Å². The molecular formula is C19H13NO2S. The van der Waals surface area contributed by atoms with Gasteiger partial charge in [-0.3, -0.25) is 4.79 Å². The molecule has 1 heterocycles. The Labute approximate surface area is 137 Å². The van der Waals surface area contributed by atoms with Crippen molar-refractivity contribution in [2.75, 3.05) is 7.11 Å². The lowest BCUT2D eigenvalue weighted by Crippen LogP contribution is -2.00. The molecule has 0 unspecified atom stereocenters. The molecule has 4 rings (SSSR count). The Morgan fingerprint density at radius 1 is 1.00 bits per heavy atom. The van der Waals surface area contributed by atoms with Crippen LogP contribution in [0, 0.1) is 0 Å². The van der Waals surface area contributed by atoms with Crippen LogP contribution in [0.25, 0.3) is 21.0 Å². The van der Waals surface area contributed by atoms with Gasteiger partial charge in [0.1, 0.15) is 5.75 Å². The summed E-state index contributed by atoms with van der Waals surface area (Å²) in [6.07, 6.45) is 0. The number of hydrogen-bond donors (Lipinski definition) is 0. The van der Waals surface area contributed by atoms with Crippen LogP contribution in [0.3, 0.4) is 0 Å². The van der Waals surface area contributed by atoms with Gasteiger partial charge in [-0.2, -0.15) is 0 Å². The van der Waals surface area contributed by atoms with E-state index < -0.39 is 0 Å². The molecule has 112 valence electrons. The first-order valence-corrected chi connectivity index (χ1v) is 8.05. The highest BCUT2D eigenvalue weighted by atomic mass is 32.1. The highest BCUT2D eigenvalue weighted by Gasteiger charge is 2.15. The smallest absolute Gasteiger partial charge is 0.221 e. The lowest BCUT2D eigenvalue weighted by atomic mass is 10.1. The molecule has 3 aromatic carbocycles. The first-order chi connectivity index (χ1) is 11.3. The van der Waals surface area contributed by atoms with Gasteiger partial charge in [0.2, 0.25) is 5.78 Å². The normalized spacial score (nSPS) is 11.0. The topological polar surface area (TPSA) is 39.2 Å². The van der Waals surface area contributed by atoms with Gasteiger partial charge in [-0.25, -0.2) is 4.98 Å². The molecule has 1 aromatic heterocycles. The summed E-state index contributed by atoms with van der Waals surface area (Å²) in [7, 11) is 1.61. The molecule has 0 aliphatic carbocycles. The maximum absolute atomic E-state index is 12.7. The minimum absolute atomic E-state index is 0.0575. The van der Waals surface area contributed by atoms with E-state index in [-0.39, 0.29) is 5.78 Å². The molecule has 0 spiro atoms. The van der Waals surface area contributed by atoms with E-state index >= 15 is 0 Å². The van der Waals surface area contributed by atoms with Crippen molar-refractivity contribution in [1.29, 1.82) is 0 Å². The number of fused-ring (bicyclic) bond motifs is 3. The molecule has 0 N–H and O–H groups in total. The number of rotatable bonds is 3. The molecule has 23 heavy (non-hydrogen) atoms. The minimum atomic E-state index is -0.0575. The summed E-state index contributed by atoms with van der Waals surface area (Å²) in [5.41, 5.74) is 1.51. The van der Waals surface area contributed by atoms with Crippen LogP contribution in [-0.2, 0) is 0 Å². The molecule has 0 aliphatic rings. The molecule has 4 heteroatoms. The number of methoxy groups -OCH3 is 1. The van der Waals surface area contributed by atoms with E-state index in [1.165, 1.54) is 11.3 Å². The van der Waals surface area contributed by atoms with Crippen molar-refractivity contribution < 1.29 is 9.53 Å². The van der Waals surface area contributed by atoms with Crippen molar-refractivity contribution in [3.05, 3.63) is 71.2 Å². The van der Waals surface area contributed by atoms with Crippen LogP contribution in [-0.4, -0.2) is 17.9 Å². The number of benzene rings is 3. The Balaban J connectivity index is 1.81. The quantitative estimate of drug-likeness (QED) is 0.514. The van der Waals surface area contributed by atoms with Crippen molar-refractivity contribution in [3.8, 4) is 5.75 Å². The maximum Gasteiger partial charge on any atom is 0.221 e. The van der Waals surface area contributed by atoms with Crippen molar-refractivity contribution in [2.24, 2.45) is 0 Å². The fourth-order valence-corrected chi connectivity index (χ4v) is 3.57. The number of ketones is 1. The van der Waals surface area contributed by atoms with Gasteiger partial charge < -0.3 is 4.74 Å². The standard InChI is InChI=1S/C19H13NO2S/c1-22-14-9-6-13(7-10-14)18(21)19-20-17-15-5-3-2-4-12(15)8-11-16(17)23-19/h2-11H,1H3. The Hall–Kier alpha value is -2.72. The first kappa shape index (κ1) is 13.9. The van der Waals surface area contributed by atoms with Crippen molar-refractivity contribution in [3.63, 3.8) is 0 Å². The third-order valence-corrected chi connectivity index (χ3v) is 4.85. The van der Waals surface area contributed by atoms with Gasteiger partial charge in [-0.05, 0) is 35.7 Å². The Kier molecular flexibility index (Phi) is 3.32. The fourth-order valence-electron chi connectivity index (χ4n) is 2.62. The van der Waals surface area contributed by atoms with E-state index in [0.29, 0.717) is 10.6 Å². The van der Waals surface area contributed by atoms with Gasteiger partial charge in [0.15, 0.2) is 5.01 Å². The highest BCUT2D eigenvalue weighted by Crippen LogP contribution is 2.30. The summed E-state index contributed by atoms with van der Waals surface area (Å²) >= 11 is 1.43. The molecule has 0 aliphatic heterocycles. The Morgan fingerprint density at radius 3 is 2.57 bits per heavy atom. The summed E-state index contributed by atoms with van der Waals surface area (Å²) in [6, 6.07) is 19.3. The molecule has 0 atom stereocenters. The summed E-state index contributed by atoms with van der Waals surface area (Å²) in [5, 5.41) is 2.73. The molecule has 0 radical (unpaired) electrons. The van der Waals surface area contributed by atoms with Gasteiger partial charge in [-0.15, -0.1) is 11.3 Å². The van der Waals surface area contributed by atoms with Crippen LogP contribution in [0.4, 0.5) is 0 Å². The van der Waals surface area contributed by atoms with Crippen LogP contribution in [0.5, 0.6) is 5.75 Å². The van der Waals surface area contributed by atoms with E-state index in [2.05, 4.69) is 17.1 Å². The largest absolute Gasteiger partial charge is 0.497 e. The van der Waals surface area contributed by atoms with Crippen LogP contribution in [0.1, 0.15) is 15.4 Å². The molecule has 0 bridgehead atoms. The number of carbonyl (C=O) groups is 1. The maximum atomic E-state index is 12.7. The molecule has 0 fully saturated rings. The SMILES string of the molecule is COc1ccc(C(=O)c2nc3c(ccc4ccccc43)s2)cc1. The zero-order valence-electron chi connectivity index (χ0n) is 12.4. The Morgan fingerprint density at radius 2 is 1.78 bits per heavy atom. The highest BCUT2D eigenvalue weighted by molar-refractivity contribution is 7.20. The van der Waals surface area contributed by atoms with Gasteiger partial charge in [0, 0.05) is 10.9 Å². The van der Waals surface area contributed by atoms with E-state index in [4.69, 9.17) is 4.74 Å². The second kappa shape index (κ2) is 5.48. The van der Waals surface area contributed by atoms with Crippen molar-refractivity contribution in [2.45, 2.75) is 0 Å². The number of nitrogens with zero attached hydrogens (tertiary/aromatic N) is 1. The van der Waals surface area contributed by atoms with Gasteiger partial charge in [0.25, 0.3) is 0 Å². The summed E-state index contributed by atoms with van der Waals surface area (Å²) < 4.78 is 6.15. The lowest BCUT2D eigenvalue weighted by molar-refractivity contribution is 0.103. The van der Waals surface area contributed by atoms with Crippen LogP contribution < -0.4 is 4.74 Å². The fraction of sp³-hybridized carbons (Fsp3) is 0.0526. The molecule has 0 saturated carbocycles. The number of aromatic nitrogens is 1. The van der Waals surface area contributed by atoms with Crippen LogP contribution in [0.15, 0.2) is 60.7 Å². The molecule has 0 saturated heterocycles. The number of thiazole rings is 1. The number of hydrogen-bond acceptors (Lipinski definition) is 4. The average Bonchev–Trinajstić information content (AvgIpc) is 3.06. The minimum Gasteiger partial charge on any atom is -0.497 e. The third-order valence-electron chi connectivity index (χ3n) is 3.83. The monoisotopic (exact) mass is 319 g/mol. The third kappa shape index (κ3) is 2.37. The van der Waals surface area contributed by atoms with Crippen LogP contribution >= 0.6 is 11.3 Å². The predicted molar refractivity (Wildman–Crippen MR) is 93.6 cm³/mol. The van der Waals surface area contributed by atoms with Crippen LogP contribution in [0.2, 0.25) is 0 Å².